The predicted molar refractivity (Wildman–Crippen MR) is 60.2 cm³/mol. The normalized spacial score (nSPS) is 16.7. The molecule has 0 radical (unpaired) electrons. The predicted octanol–water partition coefficient (Wildman–Crippen LogP) is 2.72. The van der Waals surface area contributed by atoms with E-state index in [1.807, 2.05) is 20.8 Å². The topological polar surface area (TPSA) is 40.5 Å². The molecule has 2 heteroatoms. The van der Waals surface area contributed by atoms with E-state index >= 15 is 0 Å². The average molecular weight is 202 g/mol. The maximum atomic E-state index is 10.3. The van der Waals surface area contributed by atoms with Crippen LogP contribution in [0.25, 0.3) is 0 Å². The average Bonchev–Trinajstić information content (AvgIpc) is 2.17. The van der Waals surface area contributed by atoms with E-state index in [0.29, 0.717) is 5.92 Å². The first-order valence-corrected chi connectivity index (χ1v) is 5.90. The van der Waals surface area contributed by atoms with E-state index in [4.69, 9.17) is 0 Å². The SMILES string of the molecule is CCC(CCC(C)O)C(O)(CC)CC. The second-order valence-corrected chi connectivity index (χ2v) is 4.34. The van der Waals surface area contributed by atoms with Gasteiger partial charge in [-0.1, -0.05) is 27.2 Å². The van der Waals surface area contributed by atoms with Crippen molar-refractivity contribution in [3.63, 3.8) is 0 Å². The Hall–Kier alpha value is -0.0800. The molecule has 2 unspecified atom stereocenters. The standard InChI is InChI=1S/C12H26O2/c1-5-11(9-8-10(4)13)12(14,6-2)7-3/h10-11,13-14H,5-9H2,1-4H3. The molecular weight excluding hydrogens is 176 g/mol. The van der Waals surface area contributed by atoms with Crippen LogP contribution in [0.5, 0.6) is 0 Å². The van der Waals surface area contributed by atoms with Crippen molar-refractivity contribution in [1.29, 1.82) is 0 Å². The lowest BCUT2D eigenvalue weighted by molar-refractivity contribution is -0.0344. The molecular formula is C12H26O2. The third-order valence-electron chi connectivity index (χ3n) is 3.41. The first kappa shape index (κ1) is 13.9. The largest absolute Gasteiger partial charge is 0.393 e. The van der Waals surface area contributed by atoms with Crippen LogP contribution in [0.3, 0.4) is 0 Å². The number of aliphatic hydroxyl groups is 2. The fourth-order valence-electron chi connectivity index (χ4n) is 2.12. The second kappa shape index (κ2) is 6.41. The molecule has 0 saturated heterocycles. The van der Waals surface area contributed by atoms with Crippen molar-refractivity contribution in [1.82, 2.24) is 0 Å². The molecule has 0 fully saturated rings. The zero-order valence-corrected chi connectivity index (χ0v) is 10.1. The monoisotopic (exact) mass is 202 g/mol. The zero-order chi connectivity index (χ0) is 11.2. The molecule has 0 bridgehead atoms. The zero-order valence-electron chi connectivity index (χ0n) is 10.1. The summed E-state index contributed by atoms with van der Waals surface area (Å²) in [7, 11) is 0. The van der Waals surface area contributed by atoms with Crippen LogP contribution in [0, 0.1) is 5.92 Å². The lowest BCUT2D eigenvalue weighted by Crippen LogP contribution is -2.36. The highest BCUT2D eigenvalue weighted by atomic mass is 16.3. The summed E-state index contributed by atoms with van der Waals surface area (Å²) in [6, 6.07) is 0. The van der Waals surface area contributed by atoms with Crippen LogP contribution in [-0.4, -0.2) is 21.9 Å². The molecule has 0 aliphatic heterocycles. The van der Waals surface area contributed by atoms with E-state index in [0.717, 1.165) is 32.1 Å². The van der Waals surface area contributed by atoms with Gasteiger partial charge in [0.15, 0.2) is 0 Å². The summed E-state index contributed by atoms with van der Waals surface area (Å²) in [5.74, 6) is 0.326. The Morgan fingerprint density at radius 1 is 1.07 bits per heavy atom. The molecule has 86 valence electrons. The first-order chi connectivity index (χ1) is 6.50. The highest BCUT2D eigenvalue weighted by molar-refractivity contribution is 4.83. The highest BCUT2D eigenvalue weighted by Crippen LogP contribution is 2.31. The quantitative estimate of drug-likeness (QED) is 0.666. The fourth-order valence-corrected chi connectivity index (χ4v) is 2.12. The maximum Gasteiger partial charge on any atom is 0.0670 e. The van der Waals surface area contributed by atoms with Gasteiger partial charge < -0.3 is 10.2 Å². The van der Waals surface area contributed by atoms with Gasteiger partial charge in [0, 0.05) is 0 Å². The number of rotatable bonds is 7. The highest BCUT2D eigenvalue weighted by Gasteiger charge is 2.31. The van der Waals surface area contributed by atoms with Gasteiger partial charge in [0.1, 0.15) is 0 Å². The number of hydrogen-bond acceptors (Lipinski definition) is 2. The van der Waals surface area contributed by atoms with Crippen LogP contribution in [0.4, 0.5) is 0 Å². The van der Waals surface area contributed by atoms with Crippen molar-refractivity contribution in [2.75, 3.05) is 0 Å². The number of hydrogen-bond donors (Lipinski definition) is 2. The summed E-state index contributed by atoms with van der Waals surface area (Å²) in [6.45, 7) is 8.00. The van der Waals surface area contributed by atoms with E-state index in [9.17, 15) is 10.2 Å². The summed E-state index contributed by atoms with van der Waals surface area (Å²) in [5.41, 5.74) is -0.524. The minimum atomic E-state index is -0.524. The van der Waals surface area contributed by atoms with Gasteiger partial charge >= 0.3 is 0 Å². The smallest absolute Gasteiger partial charge is 0.0670 e. The molecule has 0 spiro atoms. The van der Waals surface area contributed by atoms with E-state index < -0.39 is 5.60 Å². The van der Waals surface area contributed by atoms with Gasteiger partial charge in [-0.15, -0.1) is 0 Å². The van der Waals surface area contributed by atoms with Crippen LogP contribution in [0.15, 0.2) is 0 Å². The van der Waals surface area contributed by atoms with Crippen molar-refractivity contribution in [2.45, 2.75) is 71.5 Å². The molecule has 0 amide bonds. The van der Waals surface area contributed by atoms with Gasteiger partial charge in [-0.2, -0.15) is 0 Å². The van der Waals surface area contributed by atoms with Gasteiger partial charge in [0.25, 0.3) is 0 Å². The minimum absolute atomic E-state index is 0.248. The third kappa shape index (κ3) is 3.97. The lowest BCUT2D eigenvalue weighted by Gasteiger charge is -2.34. The van der Waals surface area contributed by atoms with Crippen molar-refractivity contribution < 1.29 is 10.2 Å². The summed E-state index contributed by atoms with van der Waals surface area (Å²) < 4.78 is 0. The Kier molecular flexibility index (Phi) is 6.38. The molecule has 0 aromatic carbocycles. The van der Waals surface area contributed by atoms with E-state index in [1.54, 1.807) is 0 Å². The second-order valence-electron chi connectivity index (χ2n) is 4.34. The van der Waals surface area contributed by atoms with Gasteiger partial charge in [-0.05, 0) is 38.5 Å². The summed E-state index contributed by atoms with van der Waals surface area (Å²) in [4.78, 5) is 0. The van der Waals surface area contributed by atoms with Crippen molar-refractivity contribution in [3.8, 4) is 0 Å². The van der Waals surface area contributed by atoms with E-state index in [1.165, 1.54) is 0 Å². The minimum Gasteiger partial charge on any atom is -0.393 e. The molecule has 2 nitrogen and oxygen atoms in total. The molecule has 0 aromatic rings. The molecule has 2 N–H and O–H groups in total. The Balaban J connectivity index is 4.22. The molecule has 0 aliphatic rings. The van der Waals surface area contributed by atoms with Gasteiger partial charge in [-0.3, -0.25) is 0 Å². The van der Waals surface area contributed by atoms with Gasteiger partial charge in [0.2, 0.25) is 0 Å². The fraction of sp³-hybridized carbons (Fsp3) is 1.00. The molecule has 0 heterocycles. The van der Waals surface area contributed by atoms with Crippen molar-refractivity contribution in [2.24, 2.45) is 5.92 Å². The Bertz CT molecular complexity index is 139. The summed E-state index contributed by atoms with van der Waals surface area (Å²) in [6.07, 6.45) is 4.07. The Morgan fingerprint density at radius 3 is 1.86 bits per heavy atom. The van der Waals surface area contributed by atoms with Crippen LogP contribution in [0.1, 0.15) is 59.8 Å². The van der Waals surface area contributed by atoms with Crippen LogP contribution in [-0.2, 0) is 0 Å². The van der Waals surface area contributed by atoms with E-state index in [-0.39, 0.29) is 6.10 Å². The van der Waals surface area contributed by atoms with Crippen LogP contribution >= 0.6 is 0 Å². The van der Waals surface area contributed by atoms with Crippen LogP contribution < -0.4 is 0 Å². The molecule has 2 atom stereocenters. The lowest BCUT2D eigenvalue weighted by atomic mass is 9.78. The van der Waals surface area contributed by atoms with E-state index in [2.05, 4.69) is 6.92 Å². The molecule has 0 aromatic heterocycles. The molecule has 0 saturated carbocycles. The first-order valence-electron chi connectivity index (χ1n) is 5.90. The maximum absolute atomic E-state index is 10.3. The summed E-state index contributed by atoms with van der Waals surface area (Å²) >= 11 is 0. The molecule has 14 heavy (non-hydrogen) atoms. The van der Waals surface area contributed by atoms with Crippen molar-refractivity contribution in [3.05, 3.63) is 0 Å². The molecule has 0 aliphatic carbocycles. The number of aliphatic hydroxyl groups excluding tert-OH is 1. The van der Waals surface area contributed by atoms with Gasteiger partial charge in [-0.25, -0.2) is 0 Å². The third-order valence-corrected chi connectivity index (χ3v) is 3.41. The van der Waals surface area contributed by atoms with Gasteiger partial charge in [0.05, 0.1) is 11.7 Å². The summed E-state index contributed by atoms with van der Waals surface area (Å²) in [5, 5.41) is 19.5. The Labute approximate surface area is 88.3 Å². The van der Waals surface area contributed by atoms with Crippen LogP contribution in [0.2, 0.25) is 0 Å². The Morgan fingerprint density at radius 2 is 1.57 bits per heavy atom. The molecule has 0 rings (SSSR count). The van der Waals surface area contributed by atoms with Crippen molar-refractivity contribution >= 4 is 0 Å².